The van der Waals surface area contributed by atoms with Crippen molar-refractivity contribution in [3.05, 3.63) is 35.4 Å². The predicted octanol–water partition coefficient (Wildman–Crippen LogP) is 3.42. The standard InChI is InChI=1S/C22H38N4O.HI/c1-22(2,3)20-9-7-19(8-10-20)11-13-25-21(23-4)24-12-5-6-14-26-15-17-27-18-16-26;/h7-10H,5-6,11-18H2,1-4H3,(H2,23,24,25);1H. The molecular formula is C22H39IN4O. The number of guanidine groups is 1. The molecule has 0 bridgehead atoms. The average molecular weight is 502 g/mol. The maximum Gasteiger partial charge on any atom is 0.190 e. The van der Waals surface area contributed by atoms with Crippen LogP contribution in [0.2, 0.25) is 0 Å². The highest BCUT2D eigenvalue weighted by atomic mass is 127. The van der Waals surface area contributed by atoms with Gasteiger partial charge in [-0.3, -0.25) is 9.89 Å². The van der Waals surface area contributed by atoms with E-state index >= 15 is 0 Å². The first kappa shape index (κ1) is 25.2. The number of aliphatic imine (C=N–C) groups is 1. The summed E-state index contributed by atoms with van der Waals surface area (Å²) in [7, 11) is 1.83. The summed E-state index contributed by atoms with van der Waals surface area (Å²) in [5.74, 6) is 0.896. The minimum atomic E-state index is 0. The number of ether oxygens (including phenoxy) is 1. The summed E-state index contributed by atoms with van der Waals surface area (Å²) in [4.78, 5) is 6.81. The van der Waals surface area contributed by atoms with E-state index in [0.29, 0.717) is 0 Å². The molecule has 5 nitrogen and oxygen atoms in total. The molecule has 0 aromatic heterocycles. The van der Waals surface area contributed by atoms with Gasteiger partial charge in [-0.2, -0.15) is 0 Å². The Labute approximate surface area is 188 Å². The number of benzene rings is 1. The Morgan fingerprint density at radius 2 is 1.68 bits per heavy atom. The highest BCUT2D eigenvalue weighted by Crippen LogP contribution is 2.22. The zero-order valence-electron chi connectivity index (χ0n) is 18.1. The van der Waals surface area contributed by atoms with Crippen LogP contribution in [0, 0.1) is 0 Å². The molecule has 0 atom stereocenters. The van der Waals surface area contributed by atoms with Gasteiger partial charge in [-0.05, 0) is 42.3 Å². The van der Waals surface area contributed by atoms with Gasteiger partial charge in [-0.15, -0.1) is 24.0 Å². The number of nitrogens with one attached hydrogen (secondary N) is 2. The van der Waals surface area contributed by atoms with Crippen molar-refractivity contribution in [3.8, 4) is 0 Å². The Kier molecular flexibility index (Phi) is 12.0. The maximum atomic E-state index is 5.39. The zero-order chi connectivity index (χ0) is 19.5. The van der Waals surface area contributed by atoms with E-state index < -0.39 is 0 Å². The quantitative estimate of drug-likeness (QED) is 0.248. The molecule has 1 saturated heterocycles. The van der Waals surface area contributed by atoms with E-state index in [4.69, 9.17) is 4.74 Å². The van der Waals surface area contributed by atoms with E-state index in [1.54, 1.807) is 0 Å². The molecular weight excluding hydrogens is 463 g/mol. The van der Waals surface area contributed by atoms with Crippen LogP contribution in [-0.4, -0.2) is 63.8 Å². The smallest absolute Gasteiger partial charge is 0.190 e. The SMILES string of the molecule is CN=C(NCCCCN1CCOCC1)NCCc1ccc(C(C)(C)C)cc1.I. The van der Waals surface area contributed by atoms with Gasteiger partial charge < -0.3 is 15.4 Å². The Morgan fingerprint density at radius 3 is 2.29 bits per heavy atom. The van der Waals surface area contributed by atoms with E-state index in [9.17, 15) is 0 Å². The van der Waals surface area contributed by atoms with Crippen LogP contribution >= 0.6 is 24.0 Å². The van der Waals surface area contributed by atoms with Crippen molar-refractivity contribution >= 4 is 29.9 Å². The number of rotatable bonds is 8. The minimum absolute atomic E-state index is 0. The van der Waals surface area contributed by atoms with Gasteiger partial charge in [0.2, 0.25) is 0 Å². The molecule has 1 aliphatic heterocycles. The molecule has 1 heterocycles. The monoisotopic (exact) mass is 502 g/mol. The highest BCUT2D eigenvalue weighted by Gasteiger charge is 2.12. The van der Waals surface area contributed by atoms with Gasteiger partial charge >= 0.3 is 0 Å². The number of unbranched alkanes of at least 4 members (excludes halogenated alkanes) is 1. The normalized spacial score (nSPS) is 15.8. The fourth-order valence-electron chi connectivity index (χ4n) is 3.21. The third-order valence-electron chi connectivity index (χ3n) is 5.05. The molecule has 1 aromatic carbocycles. The Balaban J connectivity index is 0.00000392. The van der Waals surface area contributed by atoms with E-state index in [-0.39, 0.29) is 29.4 Å². The van der Waals surface area contributed by atoms with Crippen LogP contribution in [-0.2, 0) is 16.6 Å². The molecule has 1 aliphatic rings. The Morgan fingerprint density at radius 1 is 1.04 bits per heavy atom. The summed E-state index contributed by atoms with van der Waals surface area (Å²) in [5.41, 5.74) is 2.95. The Bertz CT molecular complexity index is 563. The molecule has 0 aliphatic carbocycles. The lowest BCUT2D eigenvalue weighted by Gasteiger charge is -2.26. The summed E-state index contributed by atoms with van der Waals surface area (Å²) in [6.45, 7) is 13.7. The first-order valence-corrected chi connectivity index (χ1v) is 10.3. The van der Waals surface area contributed by atoms with E-state index in [1.165, 1.54) is 24.1 Å². The Hall–Kier alpha value is -0.860. The van der Waals surface area contributed by atoms with Crippen LogP contribution in [0.25, 0.3) is 0 Å². The molecule has 0 saturated carbocycles. The summed E-state index contributed by atoms with van der Waals surface area (Å²) in [6.07, 6.45) is 3.37. The van der Waals surface area contributed by atoms with Crippen molar-refractivity contribution < 1.29 is 4.74 Å². The molecule has 0 radical (unpaired) electrons. The third-order valence-corrected chi connectivity index (χ3v) is 5.05. The molecule has 2 N–H and O–H groups in total. The van der Waals surface area contributed by atoms with Crippen LogP contribution in [0.5, 0.6) is 0 Å². The number of nitrogens with zero attached hydrogens (tertiary/aromatic N) is 2. The lowest BCUT2D eigenvalue weighted by Crippen LogP contribution is -2.39. The second-order valence-electron chi connectivity index (χ2n) is 8.28. The largest absolute Gasteiger partial charge is 0.379 e. The topological polar surface area (TPSA) is 48.9 Å². The first-order chi connectivity index (χ1) is 13.0. The van der Waals surface area contributed by atoms with Crippen molar-refractivity contribution in [2.75, 3.05) is 53.0 Å². The lowest BCUT2D eigenvalue weighted by molar-refractivity contribution is 0.0372. The number of hydrogen-bond acceptors (Lipinski definition) is 3. The number of morpholine rings is 1. The van der Waals surface area contributed by atoms with Crippen molar-refractivity contribution in [1.29, 1.82) is 0 Å². The van der Waals surface area contributed by atoms with Crippen LogP contribution in [0.3, 0.4) is 0 Å². The molecule has 2 rings (SSSR count). The lowest BCUT2D eigenvalue weighted by atomic mass is 9.86. The van der Waals surface area contributed by atoms with Crippen LogP contribution in [0.15, 0.2) is 29.3 Å². The van der Waals surface area contributed by atoms with Gasteiger partial charge in [0, 0.05) is 33.2 Å². The van der Waals surface area contributed by atoms with Crippen molar-refractivity contribution in [2.45, 2.75) is 45.4 Å². The number of halogens is 1. The van der Waals surface area contributed by atoms with Crippen LogP contribution in [0.4, 0.5) is 0 Å². The number of hydrogen-bond donors (Lipinski definition) is 2. The summed E-state index contributed by atoms with van der Waals surface area (Å²) < 4.78 is 5.39. The fraction of sp³-hybridized carbons (Fsp3) is 0.682. The van der Waals surface area contributed by atoms with Crippen molar-refractivity contribution in [2.24, 2.45) is 4.99 Å². The molecule has 1 aromatic rings. The van der Waals surface area contributed by atoms with Gasteiger partial charge in [0.25, 0.3) is 0 Å². The molecule has 1 fully saturated rings. The maximum absolute atomic E-state index is 5.39. The fourth-order valence-corrected chi connectivity index (χ4v) is 3.21. The van der Waals surface area contributed by atoms with Gasteiger partial charge in [0.1, 0.15) is 0 Å². The van der Waals surface area contributed by atoms with Gasteiger partial charge in [-0.1, -0.05) is 45.0 Å². The third kappa shape index (κ3) is 9.56. The molecule has 0 spiro atoms. The van der Waals surface area contributed by atoms with E-state index in [1.807, 2.05) is 7.05 Å². The highest BCUT2D eigenvalue weighted by molar-refractivity contribution is 14.0. The van der Waals surface area contributed by atoms with Crippen LogP contribution < -0.4 is 10.6 Å². The summed E-state index contributed by atoms with van der Waals surface area (Å²) >= 11 is 0. The zero-order valence-corrected chi connectivity index (χ0v) is 20.4. The van der Waals surface area contributed by atoms with Gasteiger partial charge in [-0.25, -0.2) is 0 Å². The molecule has 6 heteroatoms. The van der Waals surface area contributed by atoms with Gasteiger partial charge in [0.15, 0.2) is 5.96 Å². The second-order valence-corrected chi connectivity index (χ2v) is 8.28. The predicted molar refractivity (Wildman–Crippen MR) is 130 cm³/mol. The second kappa shape index (κ2) is 13.4. The van der Waals surface area contributed by atoms with Gasteiger partial charge in [0.05, 0.1) is 13.2 Å². The van der Waals surface area contributed by atoms with Crippen molar-refractivity contribution in [1.82, 2.24) is 15.5 Å². The molecule has 28 heavy (non-hydrogen) atoms. The minimum Gasteiger partial charge on any atom is -0.379 e. The summed E-state index contributed by atoms with van der Waals surface area (Å²) in [6, 6.07) is 8.97. The van der Waals surface area contributed by atoms with E-state index in [0.717, 1.165) is 58.2 Å². The average Bonchev–Trinajstić information content (AvgIpc) is 2.67. The first-order valence-electron chi connectivity index (χ1n) is 10.3. The molecule has 160 valence electrons. The van der Waals surface area contributed by atoms with E-state index in [2.05, 4.69) is 65.6 Å². The van der Waals surface area contributed by atoms with Crippen LogP contribution in [0.1, 0.15) is 44.7 Å². The molecule has 0 unspecified atom stereocenters. The van der Waals surface area contributed by atoms with Crippen molar-refractivity contribution in [3.63, 3.8) is 0 Å². The molecule has 0 amide bonds. The summed E-state index contributed by atoms with van der Waals surface area (Å²) in [5, 5.41) is 6.83.